The van der Waals surface area contributed by atoms with Crippen molar-refractivity contribution in [1.29, 1.82) is 0 Å². The molecule has 25 heavy (non-hydrogen) atoms. The van der Waals surface area contributed by atoms with Gasteiger partial charge < -0.3 is 15.2 Å². The number of fused-ring (bicyclic) bond motifs is 1. The molecule has 4 atom stereocenters. The second-order valence-electron chi connectivity index (χ2n) is 6.10. The van der Waals surface area contributed by atoms with Crippen LogP contribution in [-0.4, -0.2) is 38.3 Å². The predicted molar refractivity (Wildman–Crippen MR) is 93.5 cm³/mol. The van der Waals surface area contributed by atoms with Crippen LogP contribution in [-0.2, 0) is 14.3 Å². The third-order valence-electron chi connectivity index (χ3n) is 4.30. The van der Waals surface area contributed by atoms with Crippen LogP contribution in [0, 0.1) is 11.8 Å². The van der Waals surface area contributed by atoms with Crippen molar-refractivity contribution >= 4 is 45.4 Å². The van der Waals surface area contributed by atoms with Gasteiger partial charge in [0.05, 0.1) is 6.61 Å². The first-order chi connectivity index (χ1) is 11.9. The molecule has 2 fully saturated rings. The number of nitrogens with one attached hydrogen (secondary N) is 1. The number of esters is 1. The van der Waals surface area contributed by atoms with Gasteiger partial charge in [-0.25, -0.2) is 0 Å². The highest BCUT2D eigenvalue weighted by atomic mass is 32.2. The average Bonchev–Trinajstić information content (AvgIpc) is 3.02. The van der Waals surface area contributed by atoms with E-state index in [1.165, 1.54) is 11.5 Å². The van der Waals surface area contributed by atoms with Crippen LogP contribution in [0.4, 0.5) is 5.95 Å². The molecular weight excluding hydrogens is 368 g/mol. The summed E-state index contributed by atoms with van der Waals surface area (Å²) < 4.78 is 12.7. The smallest absolute Gasteiger partial charge is 0.311 e. The second kappa shape index (κ2) is 6.15. The molecule has 2 aliphatic rings. The van der Waals surface area contributed by atoms with Crippen molar-refractivity contribution < 1.29 is 14.3 Å². The number of nitrogens with zero attached hydrogens (tertiary/aromatic N) is 2. The molecule has 0 aromatic carbocycles. The summed E-state index contributed by atoms with van der Waals surface area (Å²) in [5, 5.41) is 0. The van der Waals surface area contributed by atoms with Crippen molar-refractivity contribution in [3.8, 4) is 0 Å². The molecule has 1 saturated carbocycles. The zero-order valence-electron chi connectivity index (χ0n) is 13.3. The summed E-state index contributed by atoms with van der Waals surface area (Å²) in [5.41, 5.74) is 5.37. The SMILES string of the molecule is CC(=O)OCC1CC1[C@H]1O[C@@H](n2c(=O)sc3c(=O)[nH]c(N)nc32)CS1. The number of aromatic nitrogens is 3. The Hall–Kier alpha value is -1.85. The van der Waals surface area contributed by atoms with E-state index in [4.69, 9.17) is 15.2 Å². The molecule has 1 aliphatic heterocycles. The van der Waals surface area contributed by atoms with E-state index in [1.807, 2.05) is 0 Å². The first-order valence-corrected chi connectivity index (χ1v) is 9.62. The molecule has 4 rings (SSSR count). The number of hydrogen-bond acceptors (Lipinski definition) is 9. The fourth-order valence-corrected chi connectivity index (χ4v) is 5.22. The van der Waals surface area contributed by atoms with Crippen molar-refractivity contribution in [3.63, 3.8) is 0 Å². The molecule has 134 valence electrons. The van der Waals surface area contributed by atoms with E-state index >= 15 is 0 Å². The van der Waals surface area contributed by atoms with E-state index in [9.17, 15) is 14.4 Å². The second-order valence-corrected chi connectivity index (χ2v) is 8.19. The number of nitrogens with two attached hydrogens (primary N) is 1. The lowest BCUT2D eigenvalue weighted by Gasteiger charge is -2.13. The lowest BCUT2D eigenvalue weighted by Crippen LogP contribution is -2.23. The monoisotopic (exact) mass is 384 g/mol. The van der Waals surface area contributed by atoms with E-state index in [0.29, 0.717) is 24.2 Å². The van der Waals surface area contributed by atoms with Crippen LogP contribution in [0.2, 0.25) is 0 Å². The highest BCUT2D eigenvalue weighted by Gasteiger charge is 2.48. The third kappa shape index (κ3) is 3.07. The van der Waals surface area contributed by atoms with Crippen molar-refractivity contribution in [2.24, 2.45) is 11.8 Å². The molecule has 9 nitrogen and oxygen atoms in total. The maximum atomic E-state index is 12.3. The number of hydrogen-bond donors (Lipinski definition) is 2. The Morgan fingerprint density at radius 1 is 1.52 bits per heavy atom. The maximum absolute atomic E-state index is 12.3. The Morgan fingerprint density at radius 3 is 3.08 bits per heavy atom. The number of nitrogen functional groups attached to an aromatic ring is 1. The van der Waals surface area contributed by atoms with Crippen LogP contribution in [0.3, 0.4) is 0 Å². The Morgan fingerprint density at radius 2 is 2.32 bits per heavy atom. The number of anilines is 1. The molecule has 3 heterocycles. The molecular formula is C14H16N4O5S2. The Bertz CT molecular complexity index is 951. The van der Waals surface area contributed by atoms with Gasteiger partial charge in [0.25, 0.3) is 5.56 Å². The lowest BCUT2D eigenvalue weighted by atomic mass is 10.3. The minimum atomic E-state index is -0.486. The quantitative estimate of drug-likeness (QED) is 0.730. The largest absolute Gasteiger partial charge is 0.466 e. The maximum Gasteiger partial charge on any atom is 0.311 e. The molecule has 11 heteroatoms. The van der Waals surface area contributed by atoms with Crippen molar-refractivity contribution in [2.75, 3.05) is 18.1 Å². The number of aromatic amines is 1. The van der Waals surface area contributed by atoms with Crippen LogP contribution in [0.5, 0.6) is 0 Å². The van der Waals surface area contributed by atoms with E-state index in [-0.39, 0.29) is 32.6 Å². The minimum absolute atomic E-state index is 0.0325. The number of rotatable bonds is 4. The van der Waals surface area contributed by atoms with Crippen LogP contribution in [0.1, 0.15) is 19.6 Å². The van der Waals surface area contributed by atoms with Gasteiger partial charge in [-0.05, 0) is 12.3 Å². The topological polar surface area (TPSA) is 129 Å². The van der Waals surface area contributed by atoms with Gasteiger partial charge in [-0.3, -0.25) is 23.9 Å². The zero-order valence-corrected chi connectivity index (χ0v) is 14.9. The molecule has 0 bridgehead atoms. The molecule has 1 saturated heterocycles. The van der Waals surface area contributed by atoms with Crippen molar-refractivity contribution in [2.45, 2.75) is 25.0 Å². The van der Waals surface area contributed by atoms with Crippen LogP contribution >= 0.6 is 23.1 Å². The summed E-state index contributed by atoms with van der Waals surface area (Å²) in [5.74, 6) is 0.870. The summed E-state index contributed by atoms with van der Waals surface area (Å²) in [7, 11) is 0. The standard InChI is InChI=1S/C14H16N4O5S2/c1-5(19)22-3-6-2-7(6)12-23-8(4-24-12)18-10-9(25-14(18)21)11(20)17-13(15)16-10/h6-8,12H,2-4H2,1H3,(H3,15,16,17,20)/t6?,7?,8-,12+/m1/s1. The first kappa shape index (κ1) is 16.6. The van der Waals surface area contributed by atoms with Crippen LogP contribution in [0.25, 0.3) is 10.3 Å². The summed E-state index contributed by atoms with van der Waals surface area (Å²) in [6.07, 6.45) is 0.446. The molecule has 2 unspecified atom stereocenters. The Kier molecular flexibility index (Phi) is 4.08. The summed E-state index contributed by atoms with van der Waals surface area (Å²) in [4.78, 5) is 41.3. The van der Waals surface area contributed by atoms with E-state index in [1.54, 1.807) is 11.8 Å². The highest BCUT2D eigenvalue weighted by molar-refractivity contribution is 8.00. The van der Waals surface area contributed by atoms with Gasteiger partial charge in [-0.2, -0.15) is 4.98 Å². The minimum Gasteiger partial charge on any atom is -0.466 e. The van der Waals surface area contributed by atoms with E-state index < -0.39 is 11.8 Å². The van der Waals surface area contributed by atoms with Crippen molar-refractivity contribution in [3.05, 3.63) is 20.0 Å². The number of thioether (sulfide) groups is 1. The van der Waals surface area contributed by atoms with Gasteiger partial charge in [0.2, 0.25) is 5.95 Å². The van der Waals surface area contributed by atoms with Crippen LogP contribution in [0.15, 0.2) is 9.59 Å². The predicted octanol–water partition coefficient (Wildman–Crippen LogP) is 0.516. The van der Waals surface area contributed by atoms with Gasteiger partial charge >= 0.3 is 10.8 Å². The Labute approximate surface area is 149 Å². The molecule has 0 spiro atoms. The van der Waals surface area contributed by atoms with E-state index in [2.05, 4.69) is 9.97 Å². The summed E-state index contributed by atoms with van der Waals surface area (Å²) in [6.45, 7) is 1.79. The van der Waals surface area contributed by atoms with Gasteiger partial charge in [0.15, 0.2) is 5.65 Å². The first-order valence-electron chi connectivity index (χ1n) is 7.75. The van der Waals surface area contributed by atoms with Gasteiger partial charge in [0, 0.05) is 18.6 Å². The fraction of sp³-hybridized carbons (Fsp3) is 0.571. The van der Waals surface area contributed by atoms with Gasteiger partial charge in [-0.1, -0.05) is 11.3 Å². The van der Waals surface area contributed by atoms with Crippen molar-refractivity contribution in [1.82, 2.24) is 14.5 Å². The molecule has 2 aromatic heterocycles. The molecule has 0 amide bonds. The Balaban J connectivity index is 1.52. The molecule has 1 aliphatic carbocycles. The normalized spacial score (nSPS) is 28.4. The summed E-state index contributed by atoms with van der Waals surface area (Å²) in [6, 6.07) is 0. The number of carbonyl (C=O) groups is 1. The lowest BCUT2D eigenvalue weighted by molar-refractivity contribution is -0.141. The average molecular weight is 384 g/mol. The van der Waals surface area contributed by atoms with E-state index in [0.717, 1.165) is 17.8 Å². The fourth-order valence-electron chi connectivity index (χ4n) is 2.99. The zero-order chi connectivity index (χ0) is 17.7. The number of H-pyrrole nitrogens is 1. The van der Waals surface area contributed by atoms with Gasteiger partial charge in [-0.15, -0.1) is 11.8 Å². The number of thiazole rings is 1. The number of ether oxygens (including phenoxy) is 2. The molecule has 0 radical (unpaired) electrons. The summed E-state index contributed by atoms with van der Waals surface area (Å²) >= 11 is 2.46. The molecule has 2 aromatic rings. The third-order valence-corrected chi connectivity index (χ3v) is 6.51. The highest BCUT2D eigenvalue weighted by Crippen LogP contribution is 2.50. The molecule has 3 N–H and O–H groups in total. The van der Waals surface area contributed by atoms with Gasteiger partial charge in [0.1, 0.15) is 16.4 Å². The van der Waals surface area contributed by atoms with Crippen LogP contribution < -0.4 is 16.2 Å². The number of carbonyl (C=O) groups excluding carboxylic acids is 1.